The van der Waals surface area contributed by atoms with E-state index in [0.717, 1.165) is 30.1 Å². The fourth-order valence-corrected chi connectivity index (χ4v) is 5.36. The van der Waals surface area contributed by atoms with Crippen molar-refractivity contribution < 1.29 is 9.53 Å². The Balaban J connectivity index is 1.41. The predicted molar refractivity (Wildman–Crippen MR) is 141 cm³/mol. The molecule has 7 nitrogen and oxygen atoms in total. The van der Waals surface area contributed by atoms with Gasteiger partial charge in [-0.05, 0) is 31.5 Å². The quantitative estimate of drug-likeness (QED) is 0.371. The summed E-state index contributed by atoms with van der Waals surface area (Å²) in [6.45, 7) is 6.53. The molecule has 1 saturated heterocycles. The molecule has 0 spiro atoms. The van der Waals surface area contributed by atoms with Crippen LogP contribution in [0, 0.1) is 6.92 Å². The Labute approximate surface area is 210 Å². The molecule has 0 saturated carbocycles. The molecule has 2 heterocycles. The van der Waals surface area contributed by atoms with Crippen LogP contribution in [0.3, 0.4) is 0 Å². The van der Waals surface area contributed by atoms with E-state index in [1.165, 1.54) is 11.8 Å². The van der Waals surface area contributed by atoms with Crippen LogP contribution >= 0.6 is 11.8 Å². The first-order valence-electron chi connectivity index (χ1n) is 11.8. The highest BCUT2D eigenvalue weighted by atomic mass is 32.2. The van der Waals surface area contributed by atoms with Crippen LogP contribution in [0.15, 0.2) is 64.5 Å². The number of para-hydroxylation sites is 2. The van der Waals surface area contributed by atoms with Crippen molar-refractivity contribution in [3.8, 4) is 5.75 Å². The van der Waals surface area contributed by atoms with Gasteiger partial charge in [0, 0.05) is 50.9 Å². The highest BCUT2D eigenvalue weighted by Gasteiger charge is 2.27. The molecule has 1 aromatic heterocycles. The van der Waals surface area contributed by atoms with E-state index in [1.807, 2.05) is 73.3 Å². The summed E-state index contributed by atoms with van der Waals surface area (Å²) in [6.07, 6.45) is 0.544. The van der Waals surface area contributed by atoms with Crippen LogP contribution in [0.25, 0.3) is 0 Å². The lowest BCUT2D eigenvalue weighted by Crippen LogP contribution is -2.50. The third kappa shape index (κ3) is 5.53. The summed E-state index contributed by atoms with van der Waals surface area (Å²) >= 11 is 1.35. The van der Waals surface area contributed by atoms with Gasteiger partial charge in [0.2, 0.25) is 5.91 Å². The number of thioether (sulfide) groups is 1. The molecule has 1 fully saturated rings. The molecule has 35 heavy (non-hydrogen) atoms. The lowest BCUT2D eigenvalue weighted by atomic mass is 10.1. The van der Waals surface area contributed by atoms with E-state index in [2.05, 4.69) is 4.90 Å². The van der Waals surface area contributed by atoms with Gasteiger partial charge >= 0.3 is 0 Å². The maximum Gasteiger partial charge on any atom is 0.257 e. The van der Waals surface area contributed by atoms with Crippen molar-refractivity contribution in [1.29, 1.82) is 0 Å². The second kappa shape index (κ2) is 11.0. The second-order valence-electron chi connectivity index (χ2n) is 8.73. The molecule has 2 aromatic carbocycles. The number of methoxy groups -OCH3 is 1. The van der Waals surface area contributed by atoms with Crippen LogP contribution in [0.1, 0.15) is 23.7 Å². The minimum absolute atomic E-state index is 0.0612. The number of carbonyl (C=O) groups is 1. The zero-order valence-electron chi connectivity index (χ0n) is 20.7. The van der Waals surface area contributed by atoms with E-state index >= 15 is 0 Å². The number of ether oxygens (including phenoxy) is 1. The van der Waals surface area contributed by atoms with Gasteiger partial charge in [0.15, 0.2) is 5.16 Å². The van der Waals surface area contributed by atoms with E-state index < -0.39 is 0 Å². The van der Waals surface area contributed by atoms with Gasteiger partial charge in [0.05, 0.1) is 18.0 Å². The van der Waals surface area contributed by atoms with E-state index in [4.69, 9.17) is 9.72 Å². The molecule has 1 amide bonds. The van der Waals surface area contributed by atoms with Crippen molar-refractivity contribution >= 4 is 23.4 Å². The summed E-state index contributed by atoms with van der Waals surface area (Å²) in [5.74, 6) is 0.907. The second-order valence-corrected chi connectivity index (χ2v) is 10.0. The lowest BCUT2D eigenvalue weighted by molar-refractivity contribution is -0.130. The van der Waals surface area contributed by atoms with Crippen molar-refractivity contribution in [1.82, 2.24) is 14.5 Å². The van der Waals surface area contributed by atoms with Crippen molar-refractivity contribution in [2.75, 3.05) is 38.2 Å². The molecule has 0 bridgehead atoms. The summed E-state index contributed by atoms with van der Waals surface area (Å²) in [5, 5.41) is 0.225. The van der Waals surface area contributed by atoms with Crippen molar-refractivity contribution in [3.05, 3.63) is 81.8 Å². The zero-order chi connectivity index (χ0) is 24.9. The van der Waals surface area contributed by atoms with Crippen molar-refractivity contribution in [2.24, 2.45) is 7.05 Å². The van der Waals surface area contributed by atoms with Gasteiger partial charge in [-0.1, -0.05) is 54.2 Å². The summed E-state index contributed by atoms with van der Waals surface area (Å²) in [6, 6.07) is 17.9. The predicted octanol–water partition coefficient (Wildman–Crippen LogP) is 3.52. The molecule has 1 unspecified atom stereocenters. The van der Waals surface area contributed by atoms with E-state index in [-0.39, 0.29) is 16.7 Å². The Morgan fingerprint density at radius 3 is 2.40 bits per heavy atom. The van der Waals surface area contributed by atoms with Crippen LogP contribution in [0.4, 0.5) is 5.69 Å². The summed E-state index contributed by atoms with van der Waals surface area (Å²) in [5.41, 5.74) is 3.47. The molecule has 0 N–H and O–H groups in total. The smallest absolute Gasteiger partial charge is 0.257 e. The topological polar surface area (TPSA) is 67.7 Å². The number of rotatable bonds is 7. The van der Waals surface area contributed by atoms with Gasteiger partial charge in [-0.25, -0.2) is 4.98 Å². The number of benzene rings is 2. The SMILES string of the molecule is COc1ccccc1N1CCN(C(=O)C(C)Sc2nc(C)c(Cc3ccccc3)c(=O)n2C)CC1. The molecule has 1 aliphatic rings. The number of aryl methyl sites for hydroxylation is 1. The minimum atomic E-state index is -0.342. The number of piperazine rings is 1. The van der Waals surface area contributed by atoms with Crippen LogP contribution < -0.4 is 15.2 Å². The number of hydrogen-bond acceptors (Lipinski definition) is 6. The Morgan fingerprint density at radius 1 is 1.06 bits per heavy atom. The Hall–Kier alpha value is -3.26. The fourth-order valence-electron chi connectivity index (χ4n) is 4.36. The highest BCUT2D eigenvalue weighted by molar-refractivity contribution is 8.00. The Bertz CT molecular complexity index is 1240. The first kappa shape index (κ1) is 24.9. The normalized spacial score (nSPS) is 14.6. The van der Waals surface area contributed by atoms with Gasteiger partial charge in [-0.3, -0.25) is 14.2 Å². The first-order valence-corrected chi connectivity index (χ1v) is 12.7. The van der Waals surface area contributed by atoms with Crippen molar-refractivity contribution in [3.63, 3.8) is 0 Å². The lowest BCUT2D eigenvalue weighted by Gasteiger charge is -2.37. The average molecular weight is 493 g/mol. The maximum absolute atomic E-state index is 13.2. The van der Waals surface area contributed by atoms with Crippen LogP contribution in [0.2, 0.25) is 0 Å². The highest BCUT2D eigenvalue weighted by Crippen LogP contribution is 2.29. The number of carbonyl (C=O) groups excluding carboxylic acids is 1. The van der Waals surface area contributed by atoms with E-state index in [1.54, 1.807) is 18.7 Å². The van der Waals surface area contributed by atoms with Gasteiger partial charge in [-0.15, -0.1) is 0 Å². The first-order chi connectivity index (χ1) is 16.9. The molecular formula is C27H32N4O3S. The average Bonchev–Trinajstić information content (AvgIpc) is 2.89. The molecule has 3 aromatic rings. The number of hydrogen-bond donors (Lipinski definition) is 0. The van der Waals surface area contributed by atoms with Crippen LogP contribution in [-0.2, 0) is 18.3 Å². The molecule has 1 atom stereocenters. The summed E-state index contributed by atoms with van der Waals surface area (Å²) in [7, 11) is 3.41. The van der Waals surface area contributed by atoms with Crippen LogP contribution in [0.5, 0.6) is 5.75 Å². The molecule has 4 rings (SSSR count). The fraction of sp³-hybridized carbons (Fsp3) is 0.370. The molecule has 8 heteroatoms. The monoisotopic (exact) mass is 492 g/mol. The third-order valence-corrected chi connectivity index (χ3v) is 7.55. The molecule has 1 aliphatic heterocycles. The molecular weight excluding hydrogens is 460 g/mol. The maximum atomic E-state index is 13.2. The van der Waals surface area contributed by atoms with E-state index in [0.29, 0.717) is 35.9 Å². The summed E-state index contributed by atoms with van der Waals surface area (Å²) < 4.78 is 7.06. The minimum Gasteiger partial charge on any atom is -0.495 e. The standard InChI is InChI=1S/C27H32N4O3S/c1-19-22(18-21-10-6-5-7-11-21)26(33)29(3)27(28-19)35-20(2)25(32)31-16-14-30(15-17-31)23-12-8-9-13-24(23)34-4/h5-13,20H,14-18H2,1-4H3. The van der Waals surface area contributed by atoms with Crippen LogP contribution in [-0.4, -0.2) is 58.9 Å². The van der Waals surface area contributed by atoms with Crippen molar-refractivity contribution in [2.45, 2.75) is 30.7 Å². The van der Waals surface area contributed by atoms with Gasteiger partial charge in [-0.2, -0.15) is 0 Å². The number of nitrogens with zero attached hydrogens (tertiary/aromatic N) is 4. The van der Waals surface area contributed by atoms with E-state index in [9.17, 15) is 9.59 Å². The summed E-state index contributed by atoms with van der Waals surface area (Å²) in [4.78, 5) is 35.1. The zero-order valence-corrected chi connectivity index (χ0v) is 21.5. The number of anilines is 1. The van der Waals surface area contributed by atoms with Gasteiger partial charge in [0.1, 0.15) is 5.75 Å². The number of amides is 1. The number of aromatic nitrogens is 2. The molecule has 0 aliphatic carbocycles. The molecule has 184 valence electrons. The molecule has 0 radical (unpaired) electrons. The largest absolute Gasteiger partial charge is 0.495 e. The Morgan fingerprint density at radius 2 is 1.71 bits per heavy atom. The van der Waals surface area contributed by atoms with Gasteiger partial charge in [0.25, 0.3) is 5.56 Å². The Kier molecular flexibility index (Phi) is 7.80. The third-order valence-electron chi connectivity index (χ3n) is 6.42. The van der Waals surface area contributed by atoms with Gasteiger partial charge < -0.3 is 14.5 Å².